The van der Waals surface area contributed by atoms with E-state index in [-0.39, 0.29) is 0 Å². The van der Waals surface area contributed by atoms with Gasteiger partial charge in [-0.1, -0.05) is 38.9 Å². The van der Waals surface area contributed by atoms with Crippen LogP contribution in [0.1, 0.15) is 0 Å². The van der Waals surface area contributed by atoms with E-state index in [2.05, 4.69) is 26.1 Å². The predicted molar refractivity (Wildman–Crippen MR) is 62.5 cm³/mol. The second-order valence-corrected chi connectivity index (χ2v) is 4.87. The molecule has 0 radical (unpaired) electrons. The Morgan fingerprint density at radius 2 is 2.14 bits per heavy atom. The van der Waals surface area contributed by atoms with Gasteiger partial charge in [0.15, 0.2) is 5.01 Å². The van der Waals surface area contributed by atoms with Crippen LogP contribution >= 0.6 is 38.9 Å². The third kappa shape index (κ3) is 1.89. The summed E-state index contributed by atoms with van der Waals surface area (Å²) in [4.78, 5) is 0. The Balaban J connectivity index is 2.55. The van der Waals surface area contributed by atoms with E-state index in [0.29, 0.717) is 10.2 Å². The van der Waals surface area contributed by atoms with Crippen LogP contribution in [0.4, 0.5) is 5.13 Å². The molecule has 1 aromatic heterocycles. The van der Waals surface area contributed by atoms with Crippen LogP contribution in [0, 0.1) is 0 Å². The topological polar surface area (TPSA) is 51.8 Å². The van der Waals surface area contributed by atoms with E-state index in [0.717, 1.165) is 15.0 Å². The van der Waals surface area contributed by atoms with Crippen molar-refractivity contribution in [3.8, 4) is 10.6 Å². The molecule has 1 aromatic carbocycles. The molecule has 0 spiro atoms. The highest BCUT2D eigenvalue weighted by atomic mass is 79.9. The first-order chi connectivity index (χ1) is 6.66. The van der Waals surface area contributed by atoms with Gasteiger partial charge in [0.1, 0.15) is 0 Å². The summed E-state index contributed by atoms with van der Waals surface area (Å²) in [5.74, 6) is 0. The van der Waals surface area contributed by atoms with E-state index in [1.807, 2.05) is 12.1 Å². The minimum Gasteiger partial charge on any atom is -0.374 e. The Hall–Kier alpha value is -0.650. The number of rotatable bonds is 1. The summed E-state index contributed by atoms with van der Waals surface area (Å²) in [5, 5.41) is 9.56. The molecule has 0 bridgehead atoms. The molecule has 1 heterocycles. The SMILES string of the molecule is Nc1nnc(-c2cc(Cl)ccc2Br)s1. The summed E-state index contributed by atoms with van der Waals surface area (Å²) in [6, 6.07) is 5.50. The number of anilines is 1. The quantitative estimate of drug-likeness (QED) is 0.877. The molecule has 72 valence electrons. The van der Waals surface area contributed by atoms with E-state index in [1.54, 1.807) is 6.07 Å². The Labute approximate surface area is 98.0 Å². The molecule has 0 fully saturated rings. The van der Waals surface area contributed by atoms with Gasteiger partial charge in [-0.2, -0.15) is 0 Å². The largest absolute Gasteiger partial charge is 0.374 e. The van der Waals surface area contributed by atoms with Crippen LogP contribution in [0.25, 0.3) is 10.6 Å². The molecule has 0 saturated carbocycles. The highest BCUT2D eigenvalue weighted by Gasteiger charge is 2.08. The lowest BCUT2D eigenvalue weighted by molar-refractivity contribution is 1.10. The molecule has 0 aliphatic carbocycles. The average molecular weight is 291 g/mol. The number of halogens is 2. The first kappa shape index (κ1) is 9.89. The Morgan fingerprint density at radius 3 is 2.79 bits per heavy atom. The summed E-state index contributed by atoms with van der Waals surface area (Å²) >= 11 is 10.6. The van der Waals surface area contributed by atoms with E-state index in [1.165, 1.54) is 11.3 Å². The smallest absolute Gasteiger partial charge is 0.203 e. The van der Waals surface area contributed by atoms with Crippen LogP contribution in [-0.2, 0) is 0 Å². The van der Waals surface area contributed by atoms with Gasteiger partial charge in [0.2, 0.25) is 5.13 Å². The molecule has 0 saturated heterocycles. The molecule has 0 aliphatic rings. The van der Waals surface area contributed by atoms with Crippen molar-refractivity contribution in [2.24, 2.45) is 0 Å². The van der Waals surface area contributed by atoms with Crippen molar-refractivity contribution in [3.05, 3.63) is 27.7 Å². The lowest BCUT2D eigenvalue weighted by atomic mass is 10.2. The molecule has 0 atom stereocenters. The molecule has 2 N–H and O–H groups in total. The molecule has 14 heavy (non-hydrogen) atoms. The van der Waals surface area contributed by atoms with Crippen molar-refractivity contribution in [2.75, 3.05) is 5.73 Å². The summed E-state index contributed by atoms with van der Waals surface area (Å²) < 4.78 is 0.929. The van der Waals surface area contributed by atoms with Crippen molar-refractivity contribution in [3.63, 3.8) is 0 Å². The van der Waals surface area contributed by atoms with Crippen LogP contribution < -0.4 is 5.73 Å². The van der Waals surface area contributed by atoms with Gasteiger partial charge < -0.3 is 5.73 Å². The van der Waals surface area contributed by atoms with Gasteiger partial charge in [0.05, 0.1) is 0 Å². The summed E-state index contributed by atoms with van der Waals surface area (Å²) in [5.41, 5.74) is 6.41. The van der Waals surface area contributed by atoms with Crippen molar-refractivity contribution in [1.29, 1.82) is 0 Å². The van der Waals surface area contributed by atoms with Crippen LogP contribution in [0.2, 0.25) is 5.02 Å². The fourth-order valence-electron chi connectivity index (χ4n) is 1.00. The number of hydrogen-bond donors (Lipinski definition) is 1. The first-order valence-corrected chi connectivity index (χ1v) is 5.70. The molecule has 0 aliphatic heterocycles. The number of hydrogen-bond acceptors (Lipinski definition) is 4. The van der Waals surface area contributed by atoms with Crippen molar-refractivity contribution >= 4 is 44.0 Å². The lowest BCUT2D eigenvalue weighted by Crippen LogP contribution is -1.80. The fourth-order valence-corrected chi connectivity index (χ4v) is 2.38. The third-order valence-corrected chi connectivity index (χ3v) is 3.31. The van der Waals surface area contributed by atoms with Crippen molar-refractivity contribution in [1.82, 2.24) is 10.2 Å². The van der Waals surface area contributed by atoms with Gasteiger partial charge in [-0.25, -0.2) is 0 Å². The normalized spacial score (nSPS) is 10.4. The van der Waals surface area contributed by atoms with Crippen LogP contribution in [0.15, 0.2) is 22.7 Å². The second-order valence-electron chi connectivity index (χ2n) is 2.57. The van der Waals surface area contributed by atoms with Crippen LogP contribution in [0.3, 0.4) is 0 Å². The molecule has 0 amide bonds. The molecule has 6 heteroatoms. The molecule has 2 rings (SSSR count). The predicted octanol–water partition coefficient (Wildman–Crippen LogP) is 3.20. The second kappa shape index (κ2) is 3.84. The zero-order valence-corrected chi connectivity index (χ0v) is 10.0. The minimum absolute atomic E-state index is 0.451. The van der Waals surface area contributed by atoms with E-state index >= 15 is 0 Å². The standard InChI is InChI=1S/C8H5BrClN3S/c9-6-2-1-4(10)3-5(6)7-12-13-8(11)14-7/h1-3H,(H2,11,13). The number of benzene rings is 1. The first-order valence-electron chi connectivity index (χ1n) is 3.71. The van der Waals surface area contributed by atoms with E-state index in [4.69, 9.17) is 17.3 Å². The maximum Gasteiger partial charge on any atom is 0.203 e. The highest BCUT2D eigenvalue weighted by molar-refractivity contribution is 9.10. The molecular weight excluding hydrogens is 286 g/mol. The van der Waals surface area contributed by atoms with Gasteiger partial charge in [-0.05, 0) is 18.2 Å². The highest BCUT2D eigenvalue weighted by Crippen LogP contribution is 2.33. The van der Waals surface area contributed by atoms with Gasteiger partial charge in [-0.15, -0.1) is 10.2 Å². The number of nitrogen functional groups attached to an aromatic ring is 1. The summed E-state index contributed by atoms with van der Waals surface area (Å²) in [6.45, 7) is 0. The average Bonchev–Trinajstić information content (AvgIpc) is 2.56. The third-order valence-electron chi connectivity index (χ3n) is 1.60. The maximum absolute atomic E-state index is 5.88. The van der Waals surface area contributed by atoms with Crippen molar-refractivity contribution in [2.45, 2.75) is 0 Å². The van der Waals surface area contributed by atoms with Crippen molar-refractivity contribution < 1.29 is 0 Å². The molecule has 0 unspecified atom stereocenters. The van der Waals surface area contributed by atoms with Gasteiger partial charge in [-0.3, -0.25) is 0 Å². The summed E-state index contributed by atoms with van der Waals surface area (Å²) in [6.07, 6.45) is 0. The van der Waals surface area contributed by atoms with E-state index in [9.17, 15) is 0 Å². The van der Waals surface area contributed by atoms with E-state index < -0.39 is 0 Å². The molecule has 3 nitrogen and oxygen atoms in total. The van der Waals surface area contributed by atoms with Gasteiger partial charge >= 0.3 is 0 Å². The molecular formula is C8H5BrClN3S. The zero-order chi connectivity index (χ0) is 10.1. The Bertz CT molecular complexity index is 471. The fraction of sp³-hybridized carbons (Fsp3) is 0. The Kier molecular flexibility index (Phi) is 2.71. The maximum atomic E-state index is 5.88. The minimum atomic E-state index is 0.451. The van der Waals surface area contributed by atoms with Gasteiger partial charge in [0.25, 0.3) is 0 Å². The van der Waals surface area contributed by atoms with Crippen LogP contribution in [0.5, 0.6) is 0 Å². The Morgan fingerprint density at radius 1 is 1.36 bits per heavy atom. The lowest BCUT2D eigenvalue weighted by Gasteiger charge is -1.99. The summed E-state index contributed by atoms with van der Waals surface area (Å²) in [7, 11) is 0. The number of nitrogens with two attached hydrogens (primary N) is 1. The number of nitrogens with zero attached hydrogens (tertiary/aromatic N) is 2. The van der Waals surface area contributed by atoms with Crippen LogP contribution in [-0.4, -0.2) is 10.2 Å². The number of aromatic nitrogens is 2. The molecule has 2 aromatic rings. The monoisotopic (exact) mass is 289 g/mol. The zero-order valence-electron chi connectivity index (χ0n) is 6.87. The van der Waals surface area contributed by atoms with Gasteiger partial charge in [0, 0.05) is 15.1 Å².